The van der Waals surface area contributed by atoms with Gasteiger partial charge in [0, 0.05) is 18.6 Å². The Kier molecular flexibility index (Phi) is 7.53. The van der Waals surface area contributed by atoms with E-state index in [1.807, 2.05) is 34.6 Å². The molecule has 0 saturated heterocycles. The molecular formula is C22H31N3O4. The third-order valence-corrected chi connectivity index (χ3v) is 5.41. The average Bonchev–Trinajstić information content (AvgIpc) is 2.72. The summed E-state index contributed by atoms with van der Waals surface area (Å²) in [6.45, 7) is 11.8. The van der Waals surface area contributed by atoms with Gasteiger partial charge in [-0.2, -0.15) is 0 Å². The van der Waals surface area contributed by atoms with E-state index in [-0.39, 0.29) is 30.2 Å². The maximum absolute atomic E-state index is 12.7. The number of nitrogens with zero attached hydrogens (tertiary/aromatic N) is 3. The van der Waals surface area contributed by atoms with Gasteiger partial charge in [-0.05, 0) is 58.7 Å². The Labute approximate surface area is 171 Å². The fourth-order valence-corrected chi connectivity index (χ4v) is 3.42. The summed E-state index contributed by atoms with van der Waals surface area (Å²) in [5.41, 5.74) is 1.74. The molecule has 0 aliphatic heterocycles. The van der Waals surface area contributed by atoms with Crippen molar-refractivity contribution in [3.05, 3.63) is 39.8 Å². The standard InChI is InChI=1S/C22H31N3O4/c1-7-14(4)25(15(5)8-2)20(26)13-29-22(28)17-10-11-19-18(12-17)23-16(6)21(27)24(19)9-3/h10-12,14-15H,7-9,13H2,1-6H3/t14-,15-/m1/s1. The summed E-state index contributed by atoms with van der Waals surface area (Å²) in [7, 11) is 0. The highest BCUT2D eigenvalue weighted by Crippen LogP contribution is 2.16. The lowest BCUT2D eigenvalue weighted by molar-refractivity contribution is -0.139. The van der Waals surface area contributed by atoms with Crippen molar-refractivity contribution in [1.29, 1.82) is 0 Å². The fraction of sp³-hybridized carbons (Fsp3) is 0.545. The summed E-state index contributed by atoms with van der Waals surface area (Å²) >= 11 is 0. The van der Waals surface area contributed by atoms with Crippen molar-refractivity contribution < 1.29 is 14.3 Å². The number of aryl methyl sites for hydroxylation is 2. The summed E-state index contributed by atoms with van der Waals surface area (Å²) in [5.74, 6) is -0.779. The third kappa shape index (κ3) is 4.83. The predicted octanol–water partition coefficient (Wildman–Crippen LogP) is 3.31. The minimum atomic E-state index is -0.581. The second-order valence-electron chi connectivity index (χ2n) is 7.34. The van der Waals surface area contributed by atoms with E-state index in [0.29, 0.717) is 28.8 Å². The SMILES string of the molecule is CC[C@@H](C)N(C(=O)COC(=O)c1ccc2c(c1)nc(C)c(=O)n2CC)[C@H](C)CC. The van der Waals surface area contributed by atoms with Crippen LogP contribution < -0.4 is 5.56 Å². The molecule has 0 radical (unpaired) electrons. The van der Waals surface area contributed by atoms with Crippen molar-refractivity contribution in [2.45, 2.75) is 73.0 Å². The highest BCUT2D eigenvalue weighted by atomic mass is 16.5. The molecule has 0 N–H and O–H groups in total. The lowest BCUT2D eigenvalue weighted by Gasteiger charge is -2.33. The Hall–Kier alpha value is -2.70. The van der Waals surface area contributed by atoms with Crippen LogP contribution in [0.25, 0.3) is 11.0 Å². The van der Waals surface area contributed by atoms with Crippen molar-refractivity contribution in [1.82, 2.24) is 14.5 Å². The van der Waals surface area contributed by atoms with E-state index in [1.54, 1.807) is 34.6 Å². The van der Waals surface area contributed by atoms with E-state index >= 15 is 0 Å². The molecule has 2 rings (SSSR count). The molecule has 2 atom stereocenters. The Morgan fingerprint density at radius 1 is 1.14 bits per heavy atom. The number of carbonyl (C=O) groups excluding carboxylic acids is 2. The molecular weight excluding hydrogens is 370 g/mol. The van der Waals surface area contributed by atoms with Gasteiger partial charge in [-0.1, -0.05) is 13.8 Å². The molecule has 0 bridgehead atoms. The van der Waals surface area contributed by atoms with E-state index in [2.05, 4.69) is 4.98 Å². The molecule has 158 valence electrons. The van der Waals surface area contributed by atoms with Crippen molar-refractivity contribution in [3.63, 3.8) is 0 Å². The van der Waals surface area contributed by atoms with E-state index < -0.39 is 5.97 Å². The second-order valence-corrected chi connectivity index (χ2v) is 7.34. The van der Waals surface area contributed by atoms with Crippen LogP contribution in [0.2, 0.25) is 0 Å². The first-order valence-corrected chi connectivity index (χ1v) is 10.2. The van der Waals surface area contributed by atoms with Crippen LogP contribution in [0.5, 0.6) is 0 Å². The molecule has 1 heterocycles. The molecule has 0 aliphatic rings. The molecule has 1 aromatic carbocycles. The van der Waals surface area contributed by atoms with Crippen molar-refractivity contribution in [3.8, 4) is 0 Å². The van der Waals surface area contributed by atoms with Crippen LogP contribution in [0.3, 0.4) is 0 Å². The summed E-state index contributed by atoms with van der Waals surface area (Å²) in [6.07, 6.45) is 1.66. The number of carbonyl (C=O) groups is 2. The van der Waals surface area contributed by atoms with Crippen LogP contribution in [-0.4, -0.2) is 45.0 Å². The first-order chi connectivity index (χ1) is 13.7. The monoisotopic (exact) mass is 401 g/mol. The van der Waals surface area contributed by atoms with Gasteiger partial charge >= 0.3 is 5.97 Å². The average molecular weight is 402 g/mol. The molecule has 0 fully saturated rings. The highest BCUT2D eigenvalue weighted by molar-refractivity contribution is 5.94. The smallest absolute Gasteiger partial charge is 0.338 e. The Morgan fingerprint density at radius 2 is 1.76 bits per heavy atom. The number of esters is 1. The van der Waals surface area contributed by atoms with Crippen molar-refractivity contribution in [2.24, 2.45) is 0 Å². The predicted molar refractivity (Wildman–Crippen MR) is 113 cm³/mol. The molecule has 2 aromatic rings. The third-order valence-electron chi connectivity index (χ3n) is 5.41. The van der Waals surface area contributed by atoms with Gasteiger partial charge in [0.15, 0.2) is 6.61 Å². The minimum absolute atomic E-state index is 0.0785. The molecule has 0 unspecified atom stereocenters. The van der Waals surface area contributed by atoms with Crippen LogP contribution in [0, 0.1) is 6.92 Å². The normalized spacial score (nSPS) is 13.2. The number of amides is 1. The zero-order chi connectivity index (χ0) is 21.7. The summed E-state index contributed by atoms with van der Waals surface area (Å²) < 4.78 is 6.91. The lowest BCUT2D eigenvalue weighted by atomic mass is 10.1. The zero-order valence-electron chi connectivity index (χ0n) is 18.2. The molecule has 1 amide bonds. The van der Waals surface area contributed by atoms with Gasteiger partial charge in [-0.15, -0.1) is 0 Å². The second kappa shape index (κ2) is 9.67. The molecule has 29 heavy (non-hydrogen) atoms. The topological polar surface area (TPSA) is 81.5 Å². The molecule has 7 nitrogen and oxygen atoms in total. The van der Waals surface area contributed by atoms with Crippen LogP contribution in [-0.2, 0) is 16.1 Å². The fourth-order valence-electron chi connectivity index (χ4n) is 3.42. The first kappa shape index (κ1) is 22.6. The van der Waals surface area contributed by atoms with E-state index in [0.717, 1.165) is 12.8 Å². The number of aromatic nitrogens is 2. The molecule has 1 aromatic heterocycles. The highest BCUT2D eigenvalue weighted by Gasteiger charge is 2.24. The van der Waals surface area contributed by atoms with Crippen molar-refractivity contribution >= 4 is 22.9 Å². The molecule has 0 aliphatic carbocycles. The maximum atomic E-state index is 12.7. The Balaban J connectivity index is 2.20. The van der Waals surface area contributed by atoms with Crippen LogP contribution in [0.15, 0.2) is 23.0 Å². The summed E-state index contributed by atoms with van der Waals surface area (Å²) in [4.78, 5) is 43.5. The Bertz CT molecular complexity index is 941. The molecule has 0 spiro atoms. The lowest BCUT2D eigenvalue weighted by Crippen LogP contribution is -2.46. The summed E-state index contributed by atoms with van der Waals surface area (Å²) in [5, 5.41) is 0. The van der Waals surface area contributed by atoms with Gasteiger partial charge in [-0.3, -0.25) is 9.59 Å². The van der Waals surface area contributed by atoms with Crippen LogP contribution in [0.4, 0.5) is 0 Å². The molecule has 0 saturated carbocycles. The van der Waals surface area contributed by atoms with Gasteiger partial charge in [0.05, 0.1) is 16.6 Å². The quantitative estimate of drug-likeness (QED) is 0.634. The van der Waals surface area contributed by atoms with Gasteiger partial charge in [0.25, 0.3) is 11.5 Å². The number of rotatable bonds is 8. The van der Waals surface area contributed by atoms with Gasteiger partial charge in [0.2, 0.25) is 0 Å². The van der Waals surface area contributed by atoms with E-state index in [1.165, 1.54) is 0 Å². The van der Waals surface area contributed by atoms with Crippen LogP contribution in [0.1, 0.15) is 63.5 Å². The van der Waals surface area contributed by atoms with Crippen LogP contribution >= 0.6 is 0 Å². The number of benzene rings is 1. The zero-order valence-corrected chi connectivity index (χ0v) is 18.2. The number of ether oxygens (including phenoxy) is 1. The molecule has 7 heteroatoms. The van der Waals surface area contributed by atoms with Gasteiger partial charge in [0.1, 0.15) is 5.69 Å². The van der Waals surface area contributed by atoms with E-state index in [4.69, 9.17) is 4.74 Å². The number of hydrogen-bond acceptors (Lipinski definition) is 5. The number of fused-ring (bicyclic) bond motifs is 1. The first-order valence-electron chi connectivity index (χ1n) is 10.2. The Morgan fingerprint density at radius 3 is 2.31 bits per heavy atom. The summed E-state index contributed by atoms with van der Waals surface area (Å²) in [6, 6.07) is 5.04. The van der Waals surface area contributed by atoms with E-state index in [9.17, 15) is 14.4 Å². The van der Waals surface area contributed by atoms with Gasteiger partial charge in [-0.25, -0.2) is 9.78 Å². The number of hydrogen-bond donors (Lipinski definition) is 0. The van der Waals surface area contributed by atoms with Gasteiger partial charge < -0.3 is 14.2 Å². The minimum Gasteiger partial charge on any atom is -0.452 e. The maximum Gasteiger partial charge on any atom is 0.338 e. The van der Waals surface area contributed by atoms with Crippen molar-refractivity contribution in [2.75, 3.05) is 6.61 Å². The largest absolute Gasteiger partial charge is 0.452 e.